The van der Waals surface area contributed by atoms with Crippen LogP contribution in [0.3, 0.4) is 0 Å². The van der Waals surface area contributed by atoms with Crippen LogP contribution in [0.25, 0.3) is 22.5 Å². The molecule has 5 heteroatoms. The first-order valence-electron chi connectivity index (χ1n) is 10.5. The predicted octanol–water partition coefficient (Wildman–Crippen LogP) is 5.21. The number of aromatic nitrogens is 3. The predicted molar refractivity (Wildman–Crippen MR) is 123 cm³/mol. The third kappa shape index (κ3) is 4.56. The van der Waals surface area contributed by atoms with Gasteiger partial charge in [0.05, 0.1) is 0 Å². The molecule has 3 rings (SSSR count). The van der Waals surface area contributed by atoms with Gasteiger partial charge in [0.15, 0.2) is 0 Å². The van der Waals surface area contributed by atoms with Gasteiger partial charge in [0.2, 0.25) is 0 Å². The summed E-state index contributed by atoms with van der Waals surface area (Å²) >= 11 is 0. The fraction of sp³-hybridized carbons (Fsp3) is 0.375. The molecule has 152 valence electrons. The molecule has 0 spiro atoms. The van der Waals surface area contributed by atoms with E-state index in [1.807, 2.05) is 6.92 Å². The summed E-state index contributed by atoms with van der Waals surface area (Å²) in [7, 11) is 0. The highest BCUT2D eigenvalue weighted by Crippen LogP contribution is 2.31. The van der Waals surface area contributed by atoms with Gasteiger partial charge in [-0.3, -0.25) is 0 Å². The molecule has 0 bridgehead atoms. The minimum Gasteiger partial charge on any atom is -0.372 e. The monoisotopic (exact) mass is 389 g/mol. The molecule has 0 saturated carbocycles. The van der Waals surface area contributed by atoms with Crippen LogP contribution >= 0.6 is 0 Å². The molecule has 0 aliphatic heterocycles. The highest BCUT2D eigenvalue weighted by atomic mass is 15.2. The van der Waals surface area contributed by atoms with E-state index in [1.54, 1.807) is 0 Å². The molecule has 0 aliphatic carbocycles. The van der Waals surface area contributed by atoms with Crippen molar-refractivity contribution in [2.45, 2.75) is 34.6 Å². The highest BCUT2D eigenvalue weighted by Gasteiger charge is 2.14. The van der Waals surface area contributed by atoms with E-state index in [0.717, 1.165) is 48.7 Å². The lowest BCUT2D eigenvalue weighted by atomic mass is 10.0. The van der Waals surface area contributed by atoms with E-state index >= 15 is 0 Å². The van der Waals surface area contributed by atoms with E-state index in [1.165, 1.54) is 11.4 Å². The number of aryl methyl sites for hydroxylation is 1. The van der Waals surface area contributed by atoms with Crippen molar-refractivity contribution in [1.82, 2.24) is 15.2 Å². The molecule has 0 unspecified atom stereocenters. The number of nitrogens with zero attached hydrogens (tertiary/aromatic N) is 5. The number of rotatable bonds is 8. The zero-order valence-electron chi connectivity index (χ0n) is 18.2. The average molecular weight is 390 g/mol. The van der Waals surface area contributed by atoms with Crippen molar-refractivity contribution in [1.29, 1.82) is 0 Å². The lowest BCUT2D eigenvalue weighted by Crippen LogP contribution is -2.21. The maximum absolute atomic E-state index is 4.73. The first kappa shape index (κ1) is 20.8. The topological polar surface area (TPSA) is 45.2 Å². The smallest absolute Gasteiger partial charge is 0.148 e. The summed E-state index contributed by atoms with van der Waals surface area (Å²) in [5, 5.41) is 8.72. The van der Waals surface area contributed by atoms with Crippen LogP contribution in [-0.4, -0.2) is 41.4 Å². The van der Waals surface area contributed by atoms with Crippen LogP contribution in [0.5, 0.6) is 0 Å². The Morgan fingerprint density at radius 1 is 0.586 bits per heavy atom. The van der Waals surface area contributed by atoms with E-state index in [9.17, 15) is 0 Å². The van der Waals surface area contributed by atoms with Crippen LogP contribution in [0.2, 0.25) is 0 Å². The first-order chi connectivity index (χ1) is 14.1. The summed E-state index contributed by atoms with van der Waals surface area (Å²) in [5.41, 5.74) is 6.22. The van der Waals surface area contributed by atoms with Crippen molar-refractivity contribution in [3.8, 4) is 22.5 Å². The van der Waals surface area contributed by atoms with E-state index in [4.69, 9.17) is 4.98 Å². The second-order valence-electron chi connectivity index (χ2n) is 6.99. The molecule has 0 amide bonds. The minimum atomic E-state index is 0.677. The third-order valence-electron chi connectivity index (χ3n) is 5.33. The van der Waals surface area contributed by atoms with Crippen molar-refractivity contribution in [3.05, 3.63) is 54.4 Å². The van der Waals surface area contributed by atoms with Gasteiger partial charge in [-0.05, 0) is 58.9 Å². The summed E-state index contributed by atoms with van der Waals surface area (Å²) in [5.74, 6) is 0.677. The largest absolute Gasteiger partial charge is 0.372 e. The molecule has 0 saturated heterocycles. The standard InChI is InChI=1S/C24H31N5/c1-6-28(7-2)21-14-10-19(11-15-21)23-24(27-26-18(5)25-23)20-12-16-22(17-13-20)29(8-3)9-4/h10-17H,6-9H2,1-5H3. The van der Waals surface area contributed by atoms with Crippen molar-refractivity contribution in [3.63, 3.8) is 0 Å². The summed E-state index contributed by atoms with van der Waals surface area (Å²) in [4.78, 5) is 9.39. The molecule has 2 aromatic carbocycles. The number of anilines is 2. The third-order valence-corrected chi connectivity index (χ3v) is 5.33. The second-order valence-corrected chi connectivity index (χ2v) is 6.99. The molecule has 0 atom stereocenters. The molecular formula is C24H31N5. The lowest BCUT2D eigenvalue weighted by Gasteiger charge is -2.21. The van der Waals surface area contributed by atoms with Gasteiger partial charge in [0.25, 0.3) is 0 Å². The second kappa shape index (κ2) is 9.50. The van der Waals surface area contributed by atoms with Crippen LogP contribution < -0.4 is 9.80 Å². The maximum Gasteiger partial charge on any atom is 0.148 e. The first-order valence-corrected chi connectivity index (χ1v) is 10.5. The molecule has 0 fully saturated rings. The Hall–Kier alpha value is -2.95. The van der Waals surface area contributed by atoms with Gasteiger partial charge < -0.3 is 9.80 Å². The zero-order valence-corrected chi connectivity index (χ0v) is 18.2. The van der Waals surface area contributed by atoms with E-state index in [-0.39, 0.29) is 0 Å². The molecule has 0 N–H and O–H groups in total. The molecule has 29 heavy (non-hydrogen) atoms. The molecule has 0 aliphatic rings. The van der Waals surface area contributed by atoms with Crippen LogP contribution in [0.1, 0.15) is 33.5 Å². The number of hydrogen-bond donors (Lipinski definition) is 0. The summed E-state index contributed by atoms with van der Waals surface area (Å²) in [6.07, 6.45) is 0. The Bertz CT molecular complexity index is 911. The van der Waals surface area contributed by atoms with Gasteiger partial charge >= 0.3 is 0 Å². The Morgan fingerprint density at radius 2 is 1.00 bits per heavy atom. The van der Waals surface area contributed by atoms with Crippen LogP contribution in [0, 0.1) is 6.92 Å². The molecule has 5 nitrogen and oxygen atoms in total. The highest BCUT2D eigenvalue weighted by molar-refractivity contribution is 5.79. The Morgan fingerprint density at radius 3 is 1.41 bits per heavy atom. The molecular weight excluding hydrogens is 358 g/mol. The van der Waals surface area contributed by atoms with Crippen LogP contribution in [0.15, 0.2) is 48.5 Å². The van der Waals surface area contributed by atoms with E-state index in [2.05, 4.69) is 96.2 Å². The Kier molecular flexibility index (Phi) is 6.81. The van der Waals surface area contributed by atoms with Crippen molar-refractivity contribution < 1.29 is 0 Å². The Labute approximate surface area is 174 Å². The lowest BCUT2D eigenvalue weighted by molar-refractivity contribution is 0.866. The van der Waals surface area contributed by atoms with Gasteiger partial charge in [-0.2, -0.15) is 0 Å². The van der Waals surface area contributed by atoms with Crippen LogP contribution in [0.4, 0.5) is 11.4 Å². The fourth-order valence-electron chi connectivity index (χ4n) is 3.64. The SMILES string of the molecule is CCN(CC)c1ccc(-c2nnc(C)nc2-c2ccc(N(CC)CC)cc2)cc1. The summed E-state index contributed by atoms with van der Waals surface area (Å²) in [6, 6.07) is 17.1. The average Bonchev–Trinajstić information content (AvgIpc) is 2.76. The quantitative estimate of drug-likeness (QED) is 0.529. The van der Waals surface area contributed by atoms with Gasteiger partial charge in [0.1, 0.15) is 17.2 Å². The maximum atomic E-state index is 4.73. The molecule has 0 radical (unpaired) electrons. The summed E-state index contributed by atoms with van der Waals surface area (Å²) < 4.78 is 0. The molecule has 1 aromatic heterocycles. The zero-order chi connectivity index (χ0) is 20.8. The van der Waals surface area contributed by atoms with Crippen molar-refractivity contribution >= 4 is 11.4 Å². The summed E-state index contributed by atoms with van der Waals surface area (Å²) in [6.45, 7) is 14.6. The Balaban J connectivity index is 1.98. The van der Waals surface area contributed by atoms with Crippen LogP contribution in [-0.2, 0) is 0 Å². The van der Waals surface area contributed by atoms with Crippen molar-refractivity contribution in [2.75, 3.05) is 36.0 Å². The molecule has 3 aromatic rings. The van der Waals surface area contributed by atoms with Gasteiger partial charge in [0, 0.05) is 48.7 Å². The number of hydrogen-bond acceptors (Lipinski definition) is 5. The normalized spacial score (nSPS) is 10.8. The van der Waals surface area contributed by atoms with Gasteiger partial charge in [-0.25, -0.2) is 4.98 Å². The van der Waals surface area contributed by atoms with E-state index in [0.29, 0.717) is 5.82 Å². The van der Waals surface area contributed by atoms with Gasteiger partial charge in [-0.1, -0.05) is 24.3 Å². The fourth-order valence-corrected chi connectivity index (χ4v) is 3.64. The number of benzene rings is 2. The minimum absolute atomic E-state index is 0.677. The van der Waals surface area contributed by atoms with Crippen molar-refractivity contribution in [2.24, 2.45) is 0 Å². The molecule has 1 heterocycles. The van der Waals surface area contributed by atoms with Gasteiger partial charge in [-0.15, -0.1) is 10.2 Å². The van der Waals surface area contributed by atoms with E-state index < -0.39 is 0 Å².